The van der Waals surface area contributed by atoms with Crippen LogP contribution in [0.2, 0.25) is 0 Å². The van der Waals surface area contributed by atoms with Crippen LogP contribution in [0.5, 0.6) is 11.5 Å². The van der Waals surface area contributed by atoms with Crippen LogP contribution in [0.25, 0.3) is 155 Å². The average Bonchev–Trinajstić information content (AvgIpc) is 1.57. The Morgan fingerprint density at radius 3 is 1.70 bits per heavy atom. The zero-order valence-corrected chi connectivity index (χ0v) is 52.5. The number of fused-ring (bicyclic) bond motifs is 16. The molecule has 7 nitrogen and oxygen atoms in total. The second kappa shape index (κ2) is 20.5. The molecule has 1 aliphatic heterocycles. The summed E-state index contributed by atoms with van der Waals surface area (Å²) in [5, 5.41) is 6.82. The fraction of sp³-hybridized carbons (Fsp3) is 0.0930. The zero-order valence-electron chi connectivity index (χ0n) is 52.5. The van der Waals surface area contributed by atoms with Crippen LogP contribution in [0, 0.1) is 6.33 Å². The van der Waals surface area contributed by atoms with Gasteiger partial charge in [0.1, 0.15) is 28.5 Å². The summed E-state index contributed by atoms with van der Waals surface area (Å²) in [7, 11) is 0. The third-order valence-electron chi connectivity index (χ3n) is 19.2. The van der Waals surface area contributed by atoms with Gasteiger partial charge in [-0.3, -0.25) is 13.7 Å². The van der Waals surface area contributed by atoms with Gasteiger partial charge in [0.15, 0.2) is 0 Å². The Labute approximate surface area is 538 Å². The Balaban J connectivity index is 0.905. The molecule has 5 aromatic heterocycles. The van der Waals surface area contributed by atoms with Crippen LogP contribution >= 0.6 is 0 Å². The lowest BCUT2D eigenvalue weighted by atomic mass is 9.85. The number of furan rings is 1. The van der Waals surface area contributed by atoms with Crippen molar-refractivity contribution in [3.63, 3.8) is 0 Å². The highest BCUT2D eigenvalue weighted by molar-refractivity contribution is 6.12. The third kappa shape index (κ3) is 8.71. The average molecular weight is 1200 g/mol. The van der Waals surface area contributed by atoms with Crippen molar-refractivity contribution in [1.82, 2.24) is 18.7 Å². The normalized spacial score (nSPS) is 12.4. The summed E-state index contributed by atoms with van der Waals surface area (Å²) in [6, 6.07) is 97.2. The van der Waals surface area contributed by atoms with Crippen molar-refractivity contribution in [2.45, 2.75) is 52.4 Å². The Morgan fingerprint density at radius 2 is 0.957 bits per heavy atom. The Bertz CT molecular complexity index is 5880. The first-order valence-electron chi connectivity index (χ1n) is 32.1. The fourth-order valence-corrected chi connectivity index (χ4v) is 14.6. The summed E-state index contributed by atoms with van der Waals surface area (Å²) in [5.74, 6) is 2.27. The van der Waals surface area contributed by atoms with Crippen molar-refractivity contribution in [3.05, 3.63) is 291 Å². The number of benzene rings is 12. The van der Waals surface area contributed by atoms with Gasteiger partial charge in [0.25, 0.3) is 6.33 Å². The maximum atomic E-state index is 7.10. The monoisotopic (exact) mass is 1200 g/mol. The van der Waals surface area contributed by atoms with E-state index in [0.29, 0.717) is 11.5 Å². The van der Waals surface area contributed by atoms with Crippen LogP contribution in [-0.2, 0) is 10.8 Å². The minimum atomic E-state index is -0.0578. The number of para-hydroxylation sites is 5. The van der Waals surface area contributed by atoms with Gasteiger partial charge < -0.3 is 13.7 Å². The van der Waals surface area contributed by atoms with E-state index < -0.39 is 0 Å². The molecule has 17 aromatic rings. The zero-order chi connectivity index (χ0) is 62.4. The molecule has 0 radical (unpaired) electrons. The molecule has 0 atom stereocenters. The highest BCUT2D eigenvalue weighted by atomic mass is 16.5. The van der Waals surface area contributed by atoms with Gasteiger partial charge in [-0.1, -0.05) is 205 Å². The van der Waals surface area contributed by atoms with Crippen LogP contribution in [-0.4, -0.2) is 18.7 Å². The SMILES string of the molecule is CC(C)(C)c1ccc(-c2ccc3c(c2)-c2cccc(-n4c5ccccc5c5ccccc54)c2-[n+]2[c-]n(-c4cccc(Oc5ccc6c7ccccc7n(-c7cc(C(C)(C)C)ccn7)c6c5)c4)c4cc(-c5ccc6oc7ccccc7c6c5)cc(c42)-c2ccccc2-3)cc1. The molecule has 0 aliphatic carbocycles. The number of hydrogen-bond donors (Lipinski definition) is 0. The summed E-state index contributed by atoms with van der Waals surface area (Å²) in [4.78, 5) is 4.98. The lowest BCUT2D eigenvalue weighted by molar-refractivity contribution is -0.571. The van der Waals surface area contributed by atoms with Gasteiger partial charge in [0, 0.05) is 44.6 Å². The van der Waals surface area contributed by atoms with Crippen LogP contribution < -0.4 is 9.30 Å². The van der Waals surface area contributed by atoms with Gasteiger partial charge in [0.05, 0.1) is 50.2 Å². The molecule has 0 fully saturated rings. The molecular formula is C86H63N5O2. The number of nitrogens with zero attached hydrogens (tertiary/aromatic N) is 5. The van der Waals surface area contributed by atoms with Crippen molar-refractivity contribution in [2.75, 3.05) is 0 Å². The number of pyridine rings is 1. The van der Waals surface area contributed by atoms with E-state index in [1.807, 2.05) is 24.4 Å². The second-order valence-electron chi connectivity index (χ2n) is 26.9. The molecule has 0 amide bonds. The smallest absolute Gasteiger partial charge is 0.269 e. The molecule has 93 heavy (non-hydrogen) atoms. The van der Waals surface area contributed by atoms with Gasteiger partial charge in [0.2, 0.25) is 0 Å². The van der Waals surface area contributed by atoms with E-state index in [2.05, 4.69) is 315 Å². The number of aromatic nitrogens is 5. The van der Waals surface area contributed by atoms with Gasteiger partial charge in [-0.25, -0.2) is 4.98 Å². The summed E-state index contributed by atoms with van der Waals surface area (Å²) in [5.41, 5.74) is 24.5. The molecule has 6 heterocycles. The van der Waals surface area contributed by atoms with E-state index in [-0.39, 0.29) is 10.8 Å². The predicted molar refractivity (Wildman–Crippen MR) is 382 cm³/mol. The number of hydrogen-bond acceptors (Lipinski definition) is 3. The molecule has 0 saturated heterocycles. The van der Waals surface area contributed by atoms with E-state index in [9.17, 15) is 0 Å². The van der Waals surface area contributed by atoms with Crippen LogP contribution in [0.4, 0.5) is 0 Å². The largest absolute Gasteiger partial charge is 0.458 e. The number of imidazole rings is 1. The standard InChI is InChI=1S/C86H63N5O2/c1-85(2,3)57-37-33-53(34-38-57)54-35-40-64-62-21-7-8-22-63(62)73-47-56(55-36-42-81-72(46-55)69-26-12-16-32-80(69)93-81)48-79-84(73)89(83-70(71(64)45-54)27-18-31-77(83)90-74-28-13-9-23-65(74)66-24-10-14-29-75(66)90)52-88(79)59-19-17-20-60(50-59)92-61-39-41-68-67-25-11-15-30-76(67)91(78(68)51-61)82-49-58(43-44-87-82)86(4,5)6/h7-51H,1-6H3. The highest BCUT2D eigenvalue weighted by Gasteiger charge is 2.30. The van der Waals surface area contributed by atoms with Gasteiger partial charge in [-0.2, -0.15) is 0 Å². The minimum Gasteiger partial charge on any atom is -0.458 e. The lowest BCUT2D eigenvalue weighted by Gasteiger charge is -2.21. The Morgan fingerprint density at radius 1 is 0.376 bits per heavy atom. The van der Waals surface area contributed by atoms with Crippen molar-refractivity contribution in [1.29, 1.82) is 0 Å². The van der Waals surface area contributed by atoms with Gasteiger partial charge >= 0.3 is 0 Å². The fourth-order valence-electron chi connectivity index (χ4n) is 14.6. The van der Waals surface area contributed by atoms with Gasteiger partial charge in [-0.05, 0) is 175 Å². The topological polar surface area (TPSA) is 53.9 Å². The summed E-state index contributed by atoms with van der Waals surface area (Å²) >= 11 is 0. The molecule has 0 bridgehead atoms. The first-order chi connectivity index (χ1) is 45.4. The van der Waals surface area contributed by atoms with Crippen LogP contribution in [0.3, 0.4) is 0 Å². The number of rotatable bonds is 7. The van der Waals surface area contributed by atoms with Gasteiger partial charge in [-0.15, -0.1) is 0 Å². The first-order valence-corrected chi connectivity index (χ1v) is 32.1. The highest BCUT2D eigenvalue weighted by Crippen LogP contribution is 2.49. The predicted octanol–water partition coefficient (Wildman–Crippen LogP) is 22.2. The van der Waals surface area contributed by atoms with E-state index >= 15 is 0 Å². The van der Waals surface area contributed by atoms with Crippen LogP contribution in [0.15, 0.2) is 278 Å². The molecule has 0 saturated carbocycles. The van der Waals surface area contributed by atoms with E-state index in [4.69, 9.17) is 14.1 Å². The Kier molecular flexibility index (Phi) is 12.0. The van der Waals surface area contributed by atoms with Crippen molar-refractivity contribution in [3.8, 4) is 90.0 Å². The summed E-state index contributed by atoms with van der Waals surface area (Å²) in [6.07, 6.45) is 6.09. The lowest BCUT2D eigenvalue weighted by Crippen LogP contribution is -2.32. The van der Waals surface area contributed by atoms with Crippen molar-refractivity contribution < 1.29 is 13.7 Å². The summed E-state index contributed by atoms with van der Waals surface area (Å²) in [6.45, 7) is 13.6. The van der Waals surface area contributed by atoms with Crippen molar-refractivity contribution in [2.24, 2.45) is 0 Å². The molecule has 12 aromatic carbocycles. The van der Waals surface area contributed by atoms with Crippen molar-refractivity contribution >= 4 is 76.6 Å². The molecule has 18 rings (SSSR count). The molecule has 7 heteroatoms. The Hall–Kier alpha value is -11.5. The molecule has 0 N–H and O–H groups in total. The van der Waals surface area contributed by atoms with E-state index in [0.717, 1.165) is 144 Å². The first kappa shape index (κ1) is 54.4. The third-order valence-corrected chi connectivity index (χ3v) is 19.2. The number of ether oxygens (including phenoxy) is 1. The summed E-state index contributed by atoms with van der Waals surface area (Å²) < 4.78 is 22.9. The molecular weight excluding hydrogens is 1130 g/mol. The second-order valence-corrected chi connectivity index (χ2v) is 26.9. The van der Waals surface area contributed by atoms with E-state index in [1.54, 1.807) is 0 Å². The minimum absolute atomic E-state index is 0.0179. The molecule has 444 valence electrons. The maximum absolute atomic E-state index is 7.10. The molecule has 0 spiro atoms. The van der Waals surface area contributed by atoms with Crippen LogP contribution in [0.1, 0.15) is 52.7 Å². The quantitative estimate of drug-likeness (QED) is 0.118. The molecule has 0 unspecified atom stereocenters. The maximum Gasteiger partial charge on any atom is 0.269 e. The molecule has 1 aliphatic rings. The van der Waals surface area contributed by atoms with E-state index in [1.165, 1.54) is 21.9 Å².